The molecular formula is C18H17N3O. The number of nitrogens with zero attached hydrogens (tertiary/aromatic N) is 2. The Kier molecular flexibility index (Phi) is 3.85. The van der Waals surface area contributed by atoms with Crippen LogP contribution in [0.1, 0.15) is 11.3 Å². The van der Waals surface area contributed by atoms with Crippen molar-refractivity contribution in [3.05, 3.63) is 66.0 Å². The van der Waals surface area contributed by atoms with E-state index >= 15 is 0 Å². The minimum Gasteiger partial charge on any atom is -0.397 e. The maximum Gasteiger partial charge on any atom is 0.0938 e. The van der Waals surface area contributed by atoms with Gasteiger partial charge in [0.2, 0.25) is 0 Å². The monoisotopic (exact) mass is 291 g/mol. The second kappa shape index (κ2) is 5.95. The lowest BCUT2D eigenvalue weighted by Crippen LogP contribution is -1.99. The lowest BCUT2D eigenvalue weighted by molar-refractivity contribution is 0.277. The summed E-state index contributed by atoms with van der Waals surface area (Å²) in [5.74, 6) is 0. The molecule has 3 N–H and O–H groups in total. The first-order valence-electron chi connectivity index (χ1n) is 7.07. The van der Waals surface area contributed by atoms with Crippen LogP contribution in [0.3, 0.4) is 0 Å². The molecule has 1 aromatic carbocycles. The molecule has 2 aromatic heterocycles. The third kappa shape index (κ3) is 2.69. The number of nitrogen functional groups attached to an aromatic ring is 1. The molecule has 4 nitrogen and oxygen atoms in total. The Hall–Kier alpha value is -2.72. The van der Waals surface area contributed by atoms with E-state index in [9.17, 15) is 5.11 Å². The number of aryl methyl sites for hydroxylation is 1. The summed E-state index contributed by atoms with van der Waals surface area (Å²) in [4.78, 5) is 8.86. The molecule has 3 rings (SSSR count). The molecule has 2 heterocycles. The molecule has 0 saturated heterocycles. The zero-order chi connectivity index (χ0) is 15.5. The summed E-state index contributed by atoms with van der Waals surface area (Å²) in [5, 5.41) is 9.25. The van der Waals surface area contributed by atoms with Crippen LogP contribution in [-0.2, 0) is 6.61 Å². The van der Waals surface area contributed by atoms with Gasteiger partial charge < -0.3 is 10.8 Å². The molecule has 0 amide bonds. The van der Waals surface area contributed by atoms with Gasteiger partial charge in [-0.25, -0.2) is 4.98 Å². The number of rotatable bonds is 3. The van der Waals surface area contributed by atoms with Crippen LogP contribution in [-0.4, -0.2) is 15.1 Å². The van der Waals surface area contributed by atoms with Crippen molar-refractivity contribution < 1.29 is 5.11 Å². The van der Waals surface area contributed by atoms with Crippen molar-refractivity contribution in [1.82, 2.24) is 9.97 Å². The van der Waals surface area contributed by atoms with Crippen molar-refractivity contribution in [3.63, 3.8) is 0 Å². The molecule has 0 aliphatic rings. The van der Waals surface area contributed by atoms with Crippen molar-refractivity contribution in [2.24, 2.45) is 0 Å². The van der Waals surface area contributed by atoms with Crippen LogP contribution in [0.25, 0.3) is 22.5 Å². The fraction of sp³-hybridized carbons (Fsp3) is 0.111. The van der Waals surface area contributed by atoms with Crippen LogP contribution in [0.15, 0.2) is 54.7 Å². The van der Waals surface area contributed by atoms with Gasteiger partial charge >= 0.3 is 0 Å². The Balaban J connectivity index is 2.16. The number of hydrogen-bond donors (Lipinski definition) is 2. The molecule has 110 valence electrons. The molecule has 22 heavy (non-hydrogen) atoms. The van der Waals surface area contributed by atoms with Crippen molar-refractivity contribution in [2.75, 3.05) is 5.73 Å². The standard InChI is InChI=1S/C18H17N3O/c1-12-9-16(19)18(13-5-3-2-4-6-13)21-17(12)14-7-8-20-15(10-14)11-22/h2-10,22H,11,19H2,1H3. The molecule has 3 aromatic rings. The number of benzene rings is 1. The van der Waals surface area contributed by atoms with E-state index in [-0.39, 0.29) is 6.61 Å². The molecule has 0 aliphatic heterocycles. The fourth-order valence-electron chi connectivity index (χ4n) is 2.47. The minimum absolute atomic E-state index is 0.0899. The Labute approximate surface area is 129 Å². The minimum atomic E-state index is -0.0899. The summed E-state index contributed by atoms with van der Waals surface area (Å²) in [7, 11) is 0. The van der Waals surface area contributed by atoms with Gasteiger partial charge in [-0.2, -0.15) is 0 Å². The molecule has 0 spiro atoms. The van der Waals surface area contributed by atoms with Crippen molar-refractivity contribution >= 4 is 5.69 Å². The van der Waals surface area contributed by atoms with E-state index < -0.39 is 0 Å². The number of aliphatic hydroxyl groups excluding tert-OH is 1. The molecule has 0 saturated carbocycles. The second-order valence-corrected chi connectivity index (χ2v) is 5.15. The molecule has 0 bridgehead atoms. The van der Waals surface area contributed by atoms with Crippen molar-refractivity contribution in [2.45, 2.75) is 13.5 Å². The van der Waals surface area contributed by atoms with E-state index in [0.29, 0.717) is 11.4 Å². The quantitative estimate of drug-likeness (QED) is 0.777. The van der Waals surface area contributed by atoms with Crippen LogP contribution in [0.2, 0.25) is 0 Å². The van der Waals surface area contributed by atoms with Crippen molar-refractivity contribution in [3.8, 4) is 22.5 Å². The van der Waals surface area contributed by atoms with Gasteiger partial charge in [0.1, 0.15) is 0 Å². The highest BCUT2D eigenvalue weighted by atomic mass is 16.3. The topological polar surface area (TPSA) is 72.0 Å². The van der Waals surface area contributed by atoms with Gasteiger partial charge in [0.15, 0.2) is 0 Å². The van der Waals surface area contributed by atoms with Gasteiger partial charge in [0.25, 0.3) is 0 Å². The van der Waals surface area contributed by atoms with Crippen LogP contribution in [0.4, 0.5) is 5.69 Å². The number of aromatic nitrogens is 2. The predicted octanol–water partition coefficient (Wildman–Crippen LogP) is 3.19. The third-order valence-corrected chi connectivity index (χ3v) is 3.54. The Bertz CT molecular complexity index is 801. The second-order valence-electron chi connectivity index (χ2n) is 5.15. The van der Waals surface area contributed by atoms with Crippen LogP contribution in [0, 0.1) is 6.92 Å². The SMILES string of the molecule is Cc1cc(N)c(-c2ccccc2)nc1-c1ccnc(CO)c1. The lowest BCUT2D eigenvalue weighted by Gasteiger charge is -2.12. The Morgan fingerprint density at radius 3 is 2.50 bits per heavy atom. The number of pyridine rings is 2. The van der Waals surface area contributed by atoms with E-state index in [4.69, 9.17) is 10.7 Å². The highest BCUT2D eigenvalue weighted by Crippen LogP contribution is 2.30. The third-order valence-electron chi connectivity index (χ3n) is 3.54. The number of aliphatic hydroxyl groups is 1. The molecule has 4 heteroatoms. The molecule has 0 fully saturated rings. The number of hydrogen-bond acceptors (Lipinski definition) is 4. The highest BCUT2D eigenvalue weighted by molar-refractivity contribution is 5.77. The number of anilines is 1. The van der Waals surface area contributed by atoms with Gasteiger partial charge in [0.05, 0.1) is 29.4 Å². The molecular weight excluding hydrogens is 274 g/mol. The molecule has 0 atom stereocenters. The summed E-state index contributed by atoms with van der Waals surface area (Å²) in [6, 6.07) is 15.5. The molecule has 0 aliphatic carbocycles. The first-order valence-corrected chi connectivity index (χ1v) is 7.07. The first-order chi connectivity index (χ1) is 10.7. The van der Waals surface area contributed by atoms with Crippen LogP contribution < -0.4 is 5.73 Å². The molecule has 0 radical (unpaired) electrons. The van der Waals surface area contributed by atoms with Crippen molar-refractivity contribution in [1.29, 1.82) is 0 Å². The fourth-order valence-corrected chi connectivity index (χ4v) is 2.47. The average molecular weight is 291 g/mol. The van der Waals surface area contributed by atoms with Gasteiger partial charge in [-0.3, -0.25) is 4.98 Å². The average Bonchev–Trinajstić information content (AvgIpc) is 2.56. The largest absolute Gasteiger partial charge is 0.397 e. The lowest BCUT2D eigenvalue weighted by atomic mass is 10.0. The van der Waals surface area contributed by atoms with Crippen LogP contribution in [0.5, 0.6) is 0 Å². The number of nitrogens with two attached hydrogens (primary N) is 1. The maximum atomic E-state index is 9.25. The zero-order valence-corrected chi connectivity index (χ0v) is 12.3. The van der Waals surface area contributed by atoms with E-state index in [1.165, 1.54) is 0 Å². The Morgan fingerprint density at radius 1 is 1.00 bits per heavy atom. The molecule has 0 unspecified atom stereocenters. The van der Waals surface area contributed by atoms with E-state index in [0.717, 1.165) is 28.1 Å². The van der Waals surface area contributed by atoms with E-state index in [1.807, 2.05) is 55.5 Å². The predicted molar refractivity (Wildman–Crippen MR) is 88.0 cm³/mol. The van der Waals surface area contributed by atoms with Gasteiger partial charge in [-0.05, 0) is 30.7 Å². The zero-order valence-electron chi connectivity index (χ0n) is 12.3. The van der Waals surface area contributed by atoms with Gasteiger partial charge in [-0.15, -0.1) is 0 Å². The van der Waals surface area contributed by atoms with E-state index in [1.54, 1.807) is 6.20 Å². The van der Waals surface area contributed by atoms with Crippen LogP contribution >= 0.6 is 0 Å². The summed E-state index contributed by atoms with van der Waals surface area (Å²) in [5.41, 5.74) is 11.9. The highest BCUT2D eigenvalue weighted by Gasteiger charge is 2.11. The summed E-state index contributed by atoms with van der Waals surface area (Å²) >= 11 is 0. The van der Waals surface area contributed by atoms with E-state index in [2.05, 4.69) is 4.98 Å². The van der Waals surface area contributed by atoms with Gasteiger partial charge in [0, 0.05) is 17.3 Å². The Morgan fingerprint density at radius 2 is 1.77 bits per heavy atom. The summed E-state index contributed by atoms with van der Waals surface area (Å²) in [6.45, 7) is 1.89. The summed E-state index contributed by atoms with van der Waals surface area (Å²) in [6.07, 6.45) is 1.68. The first kappa shape index (κ1) is 14.2. The summed E-state index contributed by atoms with van der Waals surface area (Å²) < 4.78 is 0. The normalized spacial score (nSPS) is 10.6. The smallest absolute Gasteiger partial charge is 0.0938 e. The maximum absolute atomic E-state index is 9.25. The van der Waals surface area contributed by atoms with Gasteiger partial charge in [-0.1, -0.05) is 30.3 Å².